The molecule has 1 heterocycles. The standard InChI is InChI=1S/C16H17F2N3O4S/c1-21(25-6-5-22)16(24)10-8-12(18)15(23)20-14(10)19-13-4-3-9(26-2)7-11(13)17/h3-4,7-8,22H,5-6H2,1-2H3,(H2,19,20,23). The number of carbonyl (C=O) groups is 1. The molecule has 0 spiro atoms. The first-order valence-corrected chi connectivity index (χ1v) is 8.65. The Kier molecular flexibility index (Phi) is 6.72. The van der Waals surface area contributed by atoms with Crippen molar-refractivity contribution in [1.29, 1.82) is 0 Å². The maximum Gasteiger partial charge on any atom is 0.285 e. The van der Waals surface area contributed by atoms with Gasteiger partial charge in [-0.2, -0.15) is 0 Å². The predicted molar refractivity (Wildman–Crippen MR) is 93.6 cm³/mol. The van der Waals surface area contributed by atoms with Crippen molar-refractivity contribution in [2.45, 2.75) is 4.90 Å². The number of pyridine rings is 1. The number of hydrogen-bond donors (Lipinski definition) is 3. The second-order valence-corrected chi connectivity index (χ2v) is 5.94. The number of nitrogens with one attached hydrogen (secondary N) is 2. The highest BCUT2D eigenvalue weighted by Gasteiger charge is 2.20. The van der Waals surface area contributed by atoms with Gasteiger partial charge in [-0.3, -0.25) is 14.4 Å². The zero-order valence-corrected chi connectivity index (χ0v) is 14.8. The van der Waals surface area contributed by atoms with E-state index in [0.29, 0.717) is 4.90 Å². The van der Waals surface area contributed by atoms with Gasteiger partial charge in [-0.15, -0.1) is 11.8 Å². The number of amides is 1. The van der Waals surface area contributed by atoms with Crippen LogP contribution >= 0.6 is 11.8 Å². The van der Waals surface area contributed by atoms with E-state index in [1.807, 2.05) is 0 Å². The largest absolute Gasteiger partial charge is 0.394 e. The number of aromatic amines is 1. The summed E-state index contributed by atoms with van der Waals surface area (Å²) in [7, 11) is 1.26. The summed E-state index contributed by atoms with van der Waals surface area (Å²) >= 11 is 1.35. The summed E-state index contributed by atoms with van der Waals surface area (Å²) in [5.74, 6) is -2.76. The molecule has 0 unspecified atom stereocenters. The summed E-state index contributed by atoms with van der Waals surface area (Å²) in [4.78, 5) is 31.8. The van der Waals surface area contributed by atoms with Gasteiger partial charge in [-0.25, -0.2) is 13.8 Å². The molecular weight excluding hydrogens is 368 g/mol. The van der Waals surface area contributed by atoms with E-state index in [-0.39, 0.29) is 30.3 Å². The highest BCUT2D eigenvalue weighted by molar-refractivity contribution is 7.98. The SMILES string of the molecule is CSc1ccc(Nc2[nH]c(=O)c(F)cc2C(=O)N(C)OCCO)c(F)c1. The predicted octanol–water partition coefficient (Wildman–Crippen LogP) is 2.11. The number of aliphatic hydroxyl groups excluding tert-OH is 1. The summed E-state index contributed by atoms with van der Waals surface area (Å²) in [6, 6.07) is 5.10. The van der Waals surface area contributed by atoms with Crippen LogP contribution in [-0.2, 0) is 4.84 Å². The molecule has 1 amide bonds. The van der Waals surface area contributed by atoms with Gasteiger partial charge < -0.3 is 15.4 Å². The van der Waals surface area contributed by atoms with E-state index in [9.17, 15) is 18.4 Å². The summed E-state index contributed by atoms with van der Waals surface area (Å²) in [6.45, 7) is -0.475. The highest BCUT2D eigenvalue weighted by Crippen LogP contribution is 2.25. The van der Waals surface area contributed by atoms with Gasteiger partial charge in [0.1, 0.15) is 11.6 Å². The number of H-pyrrole nitrogens is 1. The van der Waals surface area contributed by atoms with E-state index >= 15 is 0 Å². The minimum Gasteiger partial charge on any atom is -0.394 e. The monoisotopic (exact) mass is 385 g/mol. The van der Waals surface area contributed by atoms with Crippen LogP contribution in [0.5, 0.6) is 0 Å². The van der Waals surface area contributed by atoms with E-state index in [2.05, 4.69) is 10.3 Å². The number of nitrogens with zero attached hydrogens (tertiary/aromatic N) is 1. The maximum atomic E-state index is 14.2. The van der Waals surface area contributed by atoms with Crippen LogP contribution in [0.3, 0.4) is 0 Å². The average molecular weight is 385 g/mol. The molecule has 0 aliphatic heterocycles. The average Bonchev–Trinajstić information content (AvgIpc) is 2.63. The lowest BCUT2D eigenvalue weighted by atomic mass is 10.2. The van der Waals surface area contributed by atoms with E-state index in [0.717, 1.165) is 11.1 Å². The zero-order chi connectivity index (χ0) is 19.3. The fourth-order valence-corrected chi connectivity index (χ4v) is 2.46. The number of rotatable bonds is 7. The minimum absolute atomic E-state index is 0.00182. The summed E-state index contributed by atoms with van der Waals surface area (Å²) in [5.41, 5.74) is -1.34. The van der Waals surface area contributed by atoms with E-state index < -0.39 is 23.1 Å². The molecule has 2 rings (SSSR count). The molecule has 7 nitrogen and oxygen atoms in total. The molecule has 0 aliphatic carbocycles. The molecule has 3 N–H and O–H groups in total. The van der Waals surface area contributed by atoms with Crippen molar-refractivity contribution in [1.82, 2.24) is 10.0 Å². The van der Waals surface area contributed by atoms with E-state index in [4.69, 9.17) is 9.94 Å². The molecule has 140 valence electrons. The van der Waals surface area contributed by atoms with Crippen molar-refractivity contribution < 1.29 is 23.5 Å². The molecule has 2 aromatic rings. The number of halogens is 2. The Bertz CT molecular complexity index is 860. The topological polar surface area (TPSA) is 94.7 Å². The third kappa shape index (κ3) is 4.59. The smallest absolute Gasteiger partial charge is 0.285 e. The molecule has 0 aliphatic rings. The van der Waals surface area contributed by atoms with Crippen LogP contribution in [0.15, 0.2) is 34.0 Å². The summed E-state index contributed by atoms with van der Waals surface area (Å²) in [5, 5.41) is 12.1. The van der Waals surface area contributed by atoms with E-state index in [1.165, 1.54) is 30.9 Å². The molecule has 1 aromatic heterocycles. The Balaban J connectivity index is 2.40. The quantitative estimate of drug-likeness (QED) is 0.499. The van der Waals surface area contributed by atoms with Crippen LogP contribution in [0.2, 0.25) is 0 Å². The summed E-state index contributed by atoms with van der Waals surface area (Å²) < 4.78 is 27.8. The Morgan fingerprint density at radius 1 is 1.35 bits per heavy atom. The van der Waals surface area contributed by atoms with Crippen LogP contribution in [-0.4, -0.2) is 47.6 Å². The molecule has 0 saturated carbocycles. The molecule has 0 atom stereocenters. The number of anilines is 2. The van der Waals surface area contributed by atoms with Gasteiger partial charge >= 0.3 is 0 Å². The number of hydroxylamine groups is 2. The molecular formula is C16H17F2N3O4S. The number of thioether (sulfide) groups is 1. The lowest BCUT2D eigenvalue weighted by Gasteiger charge is -2.18. The summed E-state index contributed by atoms with van der Waals surface area (Å²) in [6.07, 6.45) is 1.79. The van der Waals surface area contributed by atoms with Gasteiger partial charge in [0.2, 0.25) is 0 Å². The first-order chi connectivity index (χ1) is 12.4. The number of aliphatic hydroxyl groups is 1. The van der Waals surface area contributed by atoms with Crippen molar-refractivity contribution in [3.63, 3.8) is 0 Å². The van der Waals surface area contributed by atoms with Gasteiger partial charge in [0.25, 0.3) is 11.5 Å². The van der Waals surface area contributed by atoms with Crippen LogP contribution in [0, 0.1) is 11.6 Å². The van der Waals surface area contributed by atoms with Crippen molar-refractivity contribution >= 4 is 29.2 Å². The highest BCUT2D eigenvalue weighted by atomic mass is 32.2. The fourth-order valence-electron chi connectivity index (χ4n) is 2.04. The molecule has 0 bridgehead atoms. The van der Waals surface area contributed by atoms with Gasteiger partial charge in [0.15, 0.2) is 5.82 Å². The lowest BCUT2D eigenvalue weighted by Crippen LogP contribution is -2.30. The third-order valence-electron chi connectivity index (χ3n) is 3.32. The molecule has 1 aromatic carbocycles. The van der Waals surface area contributed by atoms with Crippen molar-refractivity contribution in [3.05, 3.63) is 51.8 Å². The van der Waals surface area contributed by atoms with Crippen LogP contribution in [0.1, 0.15) is 10.4 Å². The molecule has 0 radical (unpaired) electrons. The lowest BCUT2D eigenvalue weighted by molar-refractivity contribution is -0.114. The number of hydrogen-bond acceptors (Lipinski definition) is 6. The Morgan fingerprint density at radius 3 is 2.69 bits per heavy atom. The Hall–Kier alpha value is -2.43. The fraction of sp³-hybridized carbons (Fsp3) is 0.250. The van der Waals surface area contributed by atoms with Crippen LogP contribution in [0.4, 0.5) is 20.3 Å². The maximum absolute atomic E-state index is 14.2. The van der Waals surface area contributed by atoms with Crippen LogP contribution in [0.25, 0.3) is 0 Å². The van der Waals surface area contributed by atoms with Gasteiger partial charge in [0.05, 0.1) is 24.5 Å². The van der Waals surface area contributed by atoms with Gasteiger partial charge in [0, 0.05) is 11.9 Å². The second kappa shape index (κ2) is 8.79. The Labute approximate surface area is 151 Å². The van der Waals surface area contributed by atoms with Crippen molar-refractivity contribution in [2.24, 2.45) is 0 Å². The number of carbonyl (C=O) groups excluding carboxylic acids is 1. The van der Waals surface area contributed by atoms with Crippen molar-refractivity contribution in [3.8, 4) is 0 Å². The zero-order valence-electron chi connectivity index (χ0n) is 14.0. The van der Waals surface area contributed by atoms with Crippen molar-refractivity contribution in [2.75, 3.05) is 31.8 Å². The normalized spacial score (nSPS) is 10.7. The molecule has 0 fully saturated rings. The first-order valence-electron chi connectivity index (χ1n) is 7.42. The van der Waals surface area contributed by atoms with Crippen LogP contribution < -0.4 is 10.9 Å². The third-order valence-corrected chi connectivity index (χ3v) is 4.05. The van der Waals surface area contributed by atoms with Gasteiger partial charge in [-0.1, -0.05) is 0 Å². The molecule has 26 heavy (non-hydrogen) atoms. The number of benzene rings is 1. The number of aromatic nitrogens is 1. The molecule has 0 saturated heterocycles. The first kappa shape index (κ1) is 19.9. The molecule has 10 heteroatoms. The second-order valence-electron chi connectivity index (χ2n) is 5.07. The minimum atomic E-state index is -1.17. The van der Waals surface area contributed by atoms with Gasteiger partial charge in [-0.05, 0) is 30.5 Å². The Morgan fingerprint density at radius 2 is 2.08 bits per heavy atom. The van der Waals surface area contributed by atoms with E-state index in [1.54, 1.807) is 12.3 Å².